The van der Waals surface area contributed by atoms with Gasteiger partial charge in [0.2, 0.25) is 0 Å². The van der Waals surface area contributed by atoms with E-state index in [4.69, 9.17) is 11.6 Å². The molecule has 1 radical (unpaired) electrons. The molecule has 1 heteroatoms. The summed E-state index contributed by atoms with van der Waals surface area (Å²) in [4.78, 5) is 0. The zero-order valence-electron chi connectivity index (χ0n) is 6.46. The van der Waals surface area contributed by atoms with Gasteiger partial charge in [-0.2, -0.15) is 0 Å². The maximum Gasteiger partial charge on any atom is 0.0516 e. The lowest BCUT2D eigenvalue weighted by Crippen LogP contribution is -1.86. The molecule has 0 aliphatic rings. The number of halogens is 1. The summed E-state index contributed by atoms with van der Waals surface area (Å²) in [5.74, 6) is 0. The van der Waals surface area contributed by atoms with Crippen LogP contribution in [0, 0.1) is 26.8 Å². The van der Waals surface area contributed by atoms with Crippen molar-refractivity contribution in [3.63, 3.8) is 0 Å². The molecule has 1 aromatic rings. The first kappa shape index (κ1) is 7.62. The zero-order valence-corrected chi connectivity index (χ0v) is 7.21. The minimum Gasteiger partial charge on any atom is -0.0834 e. The summed E-state index contributed by atoms with van der Waals surface area (Å²) in [5, 5.41) is 0.739. The molecule has 0 saturated carbocycles. The minimum absolute atomic E-state index is 0.739. The van der Waals surface area contributed by atoms with E-state index in [1.54, 1.807) is 0 Å². The van der Waals surface area contributed by atoms with Gasteiger partial charge in [0.05, 0.1) is 5.02 Å². The standard InChI is InChI=1S/C9H10Cl/c1-6-4-5-9(10)8(3)7(6)2/h4H,1-3H3. The SMILES string of the molecule is Cc1c[c]c(Cl)c(C)c1C. The summed E-state index contributed by atoms with van der Waals surface area (Å²) in [5.41, 5.74) is 3.66. The second-order valence-corrected chi connectivity index (χ2v) is 2.91. The van der Waals surface area contributed by atoms with E-state index in [0.717, 1.165) is 10.6 Å². The Bertz CT molecular complexity index is 224. The molecule has 1 rings (SSSR count). The van der Waals surface area contributed by atoms with E-state index in [9.17, 15) is 0 Å². The Morgan fingerprint density at radius 2 is 1.80 bits per heavy atom. The Labute approximate surface area is 66.8 Å². The molecule has 0 fully saturated rings. The smallest absolute Gasteiger partial charge is 0.0516 e. The molecule has 0 aliphatic heterocycles. The van der Waals surface area contributed by atoms with Gasteiger partial charge in [-0.15, -0.1) is 0 Å². The highest BCUT2D eigenvalue weighted by molar-refractivity contribution is 6.31. The molecule has 0 aliphatic carbocycles. The first-order valence-electron chi connectivity index (χ1n) is 3.27. The first-order valence-corrected chi connectivity index (χ1v) is 3.64. The molecule has 0 atom stereocenters. The summed E-state index contributed by atoms with van der Waals surface area (Å²) in [6, 6.07) is 4.90. The fourth-order valence-corrected chi connectivity index (χ4v) is 1.04. The fourth-order valence-electron chi connectivity index (χ4n) is 0.848. The van der Waals surface area contributed by atoms with Gasteiger partial charge in [0.1, 0.15) is 0 Å². The molecule has 1 aromatic carbocycles. The first-order chi connectivity index (χ1) is 4.63. The topological polar surface area (TPSA) is 0 Å². The summed E-state index contributed by atoms with van der Waals surface area (Å²) in [6.45, 7) is 6.15. The predicted octanol–water partition coefficient (Wildman–Crippen LogP) is 3.07. The second-order valence-electron chi connectivity index (χ2n) is 2.54. The summed E-state index contributed by atoms with van der Waals surface area (Å²) in [6.07, 6.45) is 0. The Hall–Kier alpha value is -0.490. The van der Waals surface area contributed by atoms with Crippen molar-refractivity contribution in [2.45, 2.75) is 20.8 Å². The van der Waals surface area contributed by atoms with E-state index >= 15 is 0 Å². The Balaban J connectivity index is 3.34. The fraction of sp³-hybridized carbons (Fsp3) is 0.333. The average molecular weight is 154 g/mol. The van der Waals surface area contributed by atoms with Crippen LogP contribution in [0.2, 0.25) is 5.02 Å². The van der Waals surface area contributed by atoms with E-state index < -0.39 is 0 Å². The minimum atomic E-state index is 0.739. The molecule has 0 aromatic heterocycles. The van der Waals surface area contributed by atoms with E-state index in [1.807, 2.05) is 13.0 Å². The van der Waals surface area contributed by atoms with Crippen LogP contribution in [0.3, 0.4) is 0 Å². The van der Waals surface area contributed by atoms with Crippen molar-refractivity contribution in [1.82, 2.24) is 0 Å². The number of rotatable bonds is 0. The van der Waals surface area contributed by atoms with Crippen molar-refractivity contribution >= 4 is 11.6 Å². The summed E-state index contributed by atoms with van der Waals surface area (Å²) < 4.78 is 0. The molecule has 0 N–H and O–H groups in total. The van der Waals surface area contributed by atoms with Crippen molar-refractivity contribution < 1.29 is 0 Å². The van der Waals surface area contributed by atoms with Crippen LogP contribution in [0.25, 0.3) is 0 Å². The van der Waals surface area contributed by atoms with Crippen molar-refractivity contribution in [1.29, 1.82) is 0 Å². The number of hydrogen-bond acceptors (Lipinski definition) is 0. The highest BCUT2D eigenvalue weighted by atomic mass is 35.5. The molecular formula is C9H10Cl. The zero-order chi connectivity index (χ0) is 7.72. The molecule has 0 unspecified atom stereocenters. The van der Waals surface area contributed by atoms with E-state index in [0.29, 0.717) is 0 Å². The third-order valence-electron chi connectivity index (χ3n) is 1.90. The maximum absolute atomic E-state index is 5.83. The van der Waals surface area contributed by atoms with Crippen LogP contribution in [-0.4, -0.2) is 0 Å². The lowest BCUT2D eigenvalue weighted by atomic mass is 10.1. The molecule has 10 heavy (non-hydrogen) atoms. The number of hydrogen-bond donors (Lipinski definition) is 0. The normalized spacial score (nSPS) is 10.0. The molecule has 0 bridgehead atoms. The van der Waals surface area contributed by atoms with Crippen LogP contribution in [0.15, 0.2) is 6.07 Å². The monoisotopic (exact) mass is 153 g/mol. The van der Waals surface area contributed by atoms with Crippen LogP contribution in [0.1, 0.15) is 16.7 Å². The molecule has 0 nitrogen and oxygen atoms in total. The van der Waals surface area contributed by atoms with E-state index in [2.05, 4.69) is 19.9 Å². The van der Waals surface area contributed by atoms with Gasteiger partial charge >= 0.3 is 0 Å². The van der Waals surface area contributed by atoms with Crippen molar-refractivity contribution in [3.8, 4) is 0 Å². The van der Waals surface area contributed by atoms with Gasteiger partial charge in [-0.05, 0) is 43.5 Å². The highest BCUT2D eigenvalue weighted by Crippen LogP contribution is 2.20. The van der Waals surface area contributed by atoms with Gasteiger partial charge in [0.15, 0.2) is 0 Å². The van der Waals surface area contributed by atoms with Crippen LogP contribution in [0.5, 0.6) is 0 Å². The van der Waals surface area contributed by atoms with Crippen molar-refractivity contribution in [2.24, 2.45) is 0 Å². The van der Waals surface area contributed by atoms with Gasteiger partial charge in [0, 0.05) is 6.07 Å². The van der Waals surface area contributed by atoms with Crippen LogP contribution in [-0.2, 0) is 0 Å². The van der Waals surface area contributed by atoms with Crippen LogP contribution in [0.4, 0.5) is 0 Å². The largest absolute Gasteiger partial charge is 0.0834 e. The lowest BCUT2D eigenvalue weighted by Gasteiger charge is -2.04. The molecular weight excluding hydrogens is 144 g/mol. The molecule has 0 saturated heterocycles. The predicted molar refractivity (Wildman–Crippen MR) is 44.5 cm³/mol. The second kappa shape index (κ2) is 2.63. The Morgan fingerprint density at radius 3 is 2.30 bits per heavy atom. The Kier molecular flexibility index (Phi) is 2.00. The summed E-state index contributed by atoms with van der Waals surface area (Å²) >= 11 is 5.83. The highest BCUT2D eigenvalue weighted by Gasteiger charge is 1.99. The quantitative estimate of drug-likeness (QED) is 0.538. The molecule has 53 valence electrons. The van der Waals surface area contributed by atoms with E-state index in [-0.39, 0.29) is 0 Å². The Morgan fingerprint density at radius 1 is 1.20 bits per heavy atom. The van der Waals surface area contributed by atoms with Gasteiger partial charge in [0.25, 0.3) is 0 Å². The van der Waals surface area contributed by atoms with Crippen LogP contribution >= 0.6 is 11.6 Å². The van der Waals surface area contributed by atoms with Crippen molar-refractivity contribution in [2.75, 3.05) is 0 Å². The number of aryl methyl sites for hydroxylation is 1. The van der Waals surface area contributed by atoms with Crippen LogP contribution < -0.4 is 0 Å². The van der Waals surface area contributed by atoms with Gasteiger partial charge in [-0.25, -0.2) is 0 Å². The van der Waals surface area contributed by atoms with Crippen molar-refractivity contribution in [3.05, 3.63) is 33.8 Å². The summed E-state index contributed by atoms with van der Waals surface area (Å²) in [7, 11) is 0. The lowest BCUT2D eigenvalue weighted by molar-refractivity contribution is 1.26. The van der Waals surface area contributed by atoms with Gasteiger partial charge in [-0.1, -0.05) is 11.6 Å². The number of benzene rings is 1. The van der Waals surface area contributed by atoms with E-state index in [1.165, 1.54) is 11.1 Å². The van der Waals surface area contributed by atoms with Gasteiger partial charge in [-0.3, -0.25) is 0 Å². The van der Waals surface area contributed by atoms with Gasteiger partial charge < -0.3 is 0 Å². The molecule has 0 heterocycles. The maximum atomic E-state index is 5.83. The molecule has 0 amide bonds. The third kappa shape index (κ3) is 1.17. The molecule has 0 spiro atoms. The average Bonchev–Trinajstić information content (AvgIpc) is 1.93. The third-order valence-corrected chi connectivity index (χ3v) is 2.29.